The van der Waals surface area contributed by atoms with Crippen molar-refractivity contribution in [3.63, 3.8) is 0 Å². The van der Waals surface area contributed by atoms with Crippen LogP contribution in [0.25, 0.3) is 11.1 Å². The van der Waals surface area contributed by atoms with E-state index >= 15 is 0 Å². The highest BCUT2D eigenvalue weighted by atomic mass is 32.2. The second kappa shape index (κ2) is 10.5. The van der Waals surface area contributed by atoms with Gasteiger partial charge in [0.1, 0.15) is 25.7 Å². The fourth-order valence-corrected chi connectivity index (χ4v) is 7.67. The number of methoxy groups -OCH3 is 2. The molecule has 186 valence electrons. The van der Waals surface area contributed by atoms with Crippen molar-refractivity contribution in [3.05, 3.63) is 84.2 Å². The molecule has 9 heteroatoms. The molecule has 0 saturated carbocycles. The first-order chi connectivity index (χ1) is 17.5. The van der Waals surface area contributed by atoms with Gasteiger partial charge < -0.3 is 14.4 Å². The van der Waals surface area contributed by atoms with Crippen LogP contribution in [0.3, 0.4) is 0 Å². The maximum Gasteiger partial charge on any atom is 0.271 e. The van der Waals surface area contributed by atoms with E-state index in [0.717, 1.165) is 54.3 Å². The van der Waals surface area contributed by atoms with Gasteiger partial charge in [-0.25, -0.2) is 0 Å². The Labute approximate surface area is 222 Å². The van der Waals surface area contributed by atoms with Gasteiger partial charge >= 0.3 is 0 Å². The van der Waals surface area contributed by atoms with Gasteiger partial charge in [-0.05, 0) is 31.2 Å². The number of para-hydroxylation sites is 1. The van der Waals surface area contributed by atoms with Crippen LogP contribution in [0.15, 0.2) is 63.7 Å². The molecule has 3 heterocycles. The Balaban J connectivity index is 1.52. The molecule has 0 spiro atoms. The molecule has 6 nitrogen and oxygen atoms in total. The van der Waals surface area contributed by atoms with Crippen molar-refractivity contribution in [2.75, 3.05) is 26.2 Å². The van der Waals surface area contributed by atoms with Crippen LogP contribution >= 0.6 is 34.4 Å². The normalized spacial score (nSPS) is 14.9. The van der Waals surface area contributed by atoms with E-state index in [-0.39, 0.29) is 5.56 Å². The Morgan fingerprint density at radius 3 is 2.72 bits per heavy atom. The lowest BCUT2D eigenvalue weighted by Gasteiger charge is -2.12. The van der Waals surface area contributed by atoms with Gasteiger partial charge in [0.15, 0.2) is 12.7 Å². The smallest absolute Gasteiger partial charge is 0.271 e. The average molecular weight is 539 g/mol. The van der Waals surface area contributed by atoms with Crippen molar-refractivity contribution in [2.24, 2.45) is 0 Å². The largest absolute Gasteiger partial charge is 0.497 e. The molecule has 0 saturated heterocycles. The molecule has 5 rings (SSSR count). The summed E-state index contributed by atoms with van der Waals surface area (Å²) < 4.78 is 16.7. The molecule has 4 aromatic rings. The number of fused-ring (bicyclic) bond motifs is 1. The molecule has 0 amide bonds. The van der Waals surface area contributed by atoms with Gasteiger partial charge in [-0.1, -0.05) is 41.3 Å². The number of anilines is 1. The van der Waals surface area contributed by atoms with Crippen molar-refractivity contribution < 1.29 is 14.0 Å². The van der Waals surface area contributed by atoms with Gasteiger partial charge in [0, 0.05) is 30.5 Å². The number of thiazole rings is 2. The summed E-state index contributed by atoms with van der Waals surface area (Å²) >= 11 is 4.86. The third-order valence-corrected chi connectivity index (χ3v) is 9.55. The quantitative estimate of drug-likeness (QED) is 0.336. The molecule has 0 N–H and O–H groups in total. The van der Waals surface area contributed by atoms with E-state index in [1.165, 1.54) is 5.56 Å². The summed E-state index contributed by atoms with van der Waals surface area (Å²) in [6, 6.07) is 14.2. The zero-order valence-corrected chi connectivity index (χ0v) is 23.1. The maximum absolute atomic E-state index is 13.5. The van der Waals surface area contributed by atoms with Crippen LogP contribution in [0.1, 0.15) is 17.5 Å². The van der Waals surface area contributed by atoms with E-state index in [0.29, 0.717) is 6.54 Å². The van der Waals surface area contributed by atoms with Crippen LogP contribution in [0.2, 0.25) is 0 Å². The molecular formula is C27H28N3O3S3+. The van der Waals surface area contributed by atoms with E-state index < -0.39 is 0 Å². The second-order valence-corrected chi connectivity index (χ2v) is 11.2. The lowest BCUT2D eigenvalue weighted by Crippen LogP contribution is -2.36. The van der Waals surface area contributed by atoms with Crippen molar-refractivity contribution in [1.29, 1.82) is 0 Å². The molecule has 2 aromatic heterocycles. The van der Waals surface area contributed by atoms with E-state index in [1.54, 1.807) is 48.7 Å². The minimum atomic E-state index is 0.0556. The molecule has 0 fully saturated rings. The van der Waals surface area contributed by atoms with E-state index in [1.807, 2.05) is 54.9 Å². The minimum absolute atomic E-state index is 0.0556. The summed E-state index contributed by atoms with van der Waals surface area (Å²) in [7, 11) is 5.40. The Kier molecular flexibility index (Phi) is 7.22. The number of ether oxygens (including phenoxy) is 2. The van der Waals surface area contributed by atoms with Gasteiger partial charge in [0.25, 0.3) is 10.6 Å². The van der Waals surface area contributed by atoms with Gasteiger partial charge in [0.2, 0.25) is 0 Å². The monoisotopic (exact) mass is 538 g/mol. The number of hydrogen-bond acceptors (Lipinski definition) is 7. The SMILES string of the molecule is CCn1c(=O)/c(=C2\Sc3cc(OC)ccc3N2C)s/c1=C\c1scc[n+]1CCc1ccccc1OC. The lowest BCUT2D eigenvalue weighted by molar-refractivity contribution is -0.693. The highest BCUT2D eigenvalue weighted by Crippen LogP contribution is 2.46. The Bertz CT molecular complexity index is 1590. The van der Waals surface area contributed by atoms with Crippen molar-refractivity contribution >= 4 is 51.2 Å². The van der Waals surface area contributed by atoms with Gasteiger partial charge in [-0.2, -0.15) is 4.57 Å². The van der Waals surface area contributed by atoms with Gasteiger partial charge in [-0.15, -0.1) is 11.3 Å². The van der Waals surface area contributed by atoms with Crippen LogP contribution in [0, 0.1) is 0 Å². The third kappa shape index (κ3) is 4.58. The van der Waals surface area contributed by atoms with Crippen LogP contribution in [0.5, 0.6) is 11.5 Å². The minimum Gasteiger partial charge on any atom is -0.497 e. The fraction of sp³-hybridized carbons (Fsp3) is 0.259. The molecule has 1 aliphatic heterocycles. The molecule has 0 bridgehead atoms. The van der Waals surface area contributed by atoms with E-state index in [9.17, 15) is 4.79 Å². The number of hydrogen-bond donors (Lipinski definition) is 0. The number of aryl methyl sites for hydroxylation is 2. The summed E-state index contributed by atoms with van der Waals surface area (Å²) in [6.07, 6.45) is 5.11. The zero-order valence-electron chi connectivity index (χ0n) is 20.7. The van der Waals surface area contributed by atoms with E-state index in [4.69, 9.17) is 9.47 Å². The van der Waals surface area contributed by atoms with E-state index in [2.05, 4.69) is 33.2 Å². The Hall–Kier alpha value is -3.01. The first-order valence-electron chi connectivity index (χ1n) is 11.7. The van der Waals surface area contributed by atoms with Gasteiger partial charge in [0.05, 0.1) is 31.4 Å². The third-order valence-electron chi connectivity index (χ3n) is 6.24. The van der Waals surface area contributed by atoms with Crippen molar-refractivity contribution in [2.45, 2.75) is 31.3 Å². The molecule has 2 aromatic carbocycles. The summed E-state index contributed by atoms with van der Waals surface area (Å²) in [4.78, 5) is 16.7. The summed E-state index contributed by atoms with van der Waals surface area (Å²) in [5.41, 5.74) is 2.33. The molecule has 0 radical (unpaired) electrons. The zero-order chi connectivity index (χ0) is 25.2. The van der Waals surface area contributed by atoms with Crippen LogP contribution < -0.4 is 33.7 Å². The topological polar surface area (TPSA) is 47.6 Å². The highest BCUT2D eigenvalue weighted by Gasteiger charge is 2.25. The number of rotatable bonds is 7. The van der Waals surface area contributed by atoms with Crippen molar-refractivity contribution in [1.82, 2.24) is 4.57 Å². The molecule has 36 heavy (non-hydrogen) atoms. The number of nitrogens with zero attached hydrogens (tertiary/aromatic N) is 3. The van der Waals surface area contributed by atoms with Crippen LogP contribution in [-0.4, -0.2) is 25.8 Å². The van der Waals surface area contributed by atoms with Crippen LogP contribution in [0.4, 0.5) is 5.69 Å². The first kappa shape index (κ1) is 24.7. The number of thioether (sulfide) groups is 1. The second-order valence-electron chi connectivity index (χ2n) is 8.26. The predicted molar refractivity (Wildman–Crippen MR) is 149 cm³/mol. The molecule has 0 atom stereocenters. The molecule has 1 aliphatic rings. The number of aromatic nitrogens is 2. The first-order valence-corrected chi connectivity index (χ1v) is 14.2. The van der Waals surface area contributed by atoms with Gasteiger partial charge in [-0.3, -0.25) is 9.36 Å². The summed E-state index contributed by atoms with van der Waals surface area (Å²) in [5.74, 6) is 1.73. The lowest BCUT2D eigenvalue weighted by atomic mass is 10.1. The fourth-order valence-electron chi connectivity index (χ4n) is 4.30. The molecular weight excluding hydrogens is 511 g/mol. The highest BCUT2D eigenvalue weighted by molar-refractivity contribution is 8.08. The molecule has 0 unspecified atom stereocenters. The Morgan fingerprint density at radius 1 is 1.11 bits per heavy atom. The van der Waals surface area contributed by atoms with Crippen molar-refractivity contribution in [3.8, 4) is 11.5 Å². The Morgan fingerprint density at radius 2 is 1.94 bits per heavy atom. The summed E-state index contributed by atoms with van der Waals surface area (Å²) in [6.45, 7) is 3.47. The maximum atomic E-state index is 13.5. The molecule has 0 aliphatic carbocycles. The number of benzene rings is 2. The average Bonchev–Trinajstić information content (AvgIpc) is 3.58. The predicted octanol–water partition coefficient (Wildman–Crippen LogP) is 3.68. The summed E-state index contributed by atoms with van der Waals surface area (Å²) in [5, 5.41) is 4.17. The standard InChI is InChI=1S/C27H28N3O3S3/c1-5-30-24(17-23-29(14-15-34-23)13-12-18-8-6-7-9-21(18)33-4)36-25(26(30)31)27-28(2)20-11-10-19(32-3)16-22(20)35-27/h6-11,14-17H,5,12-13H2,1-4H3/q+1/b27-25+. The van der Waals surface area contributed by atoms with Crippen LogP contribution in [-0.2, 0) is 19.5 Å².